The van der Waals surface area contributed by atoms with E-state index < -0.39 is 0 Å². The van der Waals surface area contributed by atoms with Crippen molar-refractivity contribution in [3.05, 3.63) is 16.3 Å². The van der Waals surface area contributed by atoms with E-state index >= 15 is 0 Å². The molecule has 1 aliphatic heterocycles. The summed E-state index contributed by atoms with van der Waals surface area (Å²) in [5.41, 5.74) is 1.56. The zero-order chi connectivity index (χ0) is 15.3. The van der Waals surface area contributed by atoms with Gasteiger partial charge in [0.25, 0.3) is 0 Å². The highest BCUT2D eigenvalue weighted by Crippen LogP contribution is 2.41. The summed E-state index contributed by atoms with van der Waals surface area (Å²) in [7, 11) is 0. The molecule has 3 nitrogen and oxygen atoms in total. The second-order valence-corrected chi connectivity index (χ2v) is 8.38. The van der Waals surface area contributed by atoms with Crippen LogP contribution in [0, 0.1) is 18.8 Å². The molecule has 0 bridgehead atoms. The predicted molar refractivity (Wildman–Crippen MR) is 94.0 cm³/mol. The Kier molecular flexibility index (Phi) is 3.60. The summed E-state index contributed by atoms with van der Waals surface area (Å²) < 4.78 is 0. The van der Waals surface area contributed by atoms with E-state index in [0.29, 0.717) is 0 Å². The van der Waals surface area contributed by atoms with E-state index in [1.807, 2.05) is 18.3 Å². The number of rotatable bonds is 1. The Morgan fingerprint density at radius 3 is 2.59 bits per heavy atom. The van der Waals surface area contributed by atoms with Crippen LogP contribution in [-0.2, 0) is 12.8 Å². The number of aryl methyl sites for hydroxylation is 2. The van der Waals surface area contributed by atoms with Gasteiger partial charge in [0, 0.05) is 18.0 Å². The third-order valence-electron chi connectivity index (χ3n) is 5.33. The van der Waals surface area contributed by atoms with E-state index in [1.165, 1.54) is 48.1 Å². The van der Waals surface area contributed by atoms with Gasteiger partial charge in [-0.3, -0.25) is 0 Å². The molecule has 2 aromatic heterocycles. The van der Waals surface area contributed by atoms with E-state index in [9.17, 15) is 0 Å². The summed E-state index contributed by atoms with van der Waals surface area (Å²) in [5.74, 6) is 3.81. The minimum atomic E-state index is 0.814. The third-order valence-corrected chi connectivity index (χ3v) is 6.48. The number of thiophene rings is 1. The molecule has 1 atom stereocenters. The van der Waals surface area contributed by atoms with Crippen LogP contribution in [0.5, 0.6) is 0 Å². The molecule has 1 aliphatic carbocycles. The van der Waals surface area contributed by atoms with Crippen molar-refractivity contribution in [1.29, 1.82) is 0 Å². The van der Waals surface area contributed by atoms with Gasteiger partial charge in [-0.2, -0.15) is 0 Å². The second-order valence-electron chi connectivity index (χ2n) is 7.30. The lowest BCUT2D eigenvalue weighted by molar-refractivity contribution is 0.437. The lowest BCUT2D eigenvalue weighted by Gasteiger charge is -2.32. The second kappa shape index (κ2) is 5.48. The van der Waals surface area contributed by atoms with Crippen LogP contribution in [0.2, 0.25) is 0 Å². The normalized spacial score (nSPS) is 23.0. The molecule has 118 valence electrons. The first kappa shape index (κ1) is 14.4. The molecule has 4 rings (SSSR count). The van der Waals surface area contributed by atoms with Crippen molar-refractivity contribution in [2.75, 3.05) is 18.0 Å². The fraction of sp³-hybridized carbons (Fsp3) is 0.667. The van der Waals surface area contributed by atoms with Crippen LogP contribution in [0.1, 0.15) is 49.4 Å². The van der Waals surface area contributed by atoms with Crippen LogP contribution in [0.15, 0.2) is 0 Å². The Bertz CT molecular complexity index is 698. The highest BCUT2D eigenvalue weighted by Gasteiger charge is 2.26. The highest BCUT2D eigenvalue weighted by atomic mass is 32.1. The van der Waals surface area contributed by atoms with Crippen LogP contribution < -0.4 is 4.90 Å². The van der Waals surface area contributed by atoms with E-state index in [-0.39, 0.29) is 0 Å². The molecule has 0 spiro atoms. The smallest absolute Gasteiger partial charge is 0.141 e. The molecule has 1 fully saturated rings. The molecule has 0 saturated carbocycles. The molecule has 0 aromatic carbocycles. The maximum absolute atomic E-state index is 4.87. The van der Waals surface area contributed by atoms with Gasteiger partial charge in [0.15, 0.2) is 0 Å². The number of hydrogen-bond donors (Lipinski definition) is 0. The van der Waals surface area contributed by atoms with Crippen LogP contribution in [0.3, 0.4) is 0 Å². The average Bonchev–Trinajstić information content (AvgIpc) is 2.84. The molecule has 4 heteroatoms. The zero-order valence-corrected chi connectivity index (χ0v) is 14.7. The fourth-order valence-electron chi connectivity index (χ4n) is 3.88. The predicted octanol–water partition coefficient (Wildman–Crippen LogP) is 4.36. The summed E-state index contributed by atoms with van der Waals surface area (Å²) in [6, 6.07) is 0. The van der Waals surface area contributed by atoms with Crippen LogP contribution in [0.4, 0.5) is 5.82 Å². The van der Waals surface area contributed by atoms with Crippen LogP contribution >= 0.6 is 11.3 Å². The summed E-state index contributed by atoms with van der Waals surface area (Å²) in [6.07, 6.45) is 6.32. The summed E-state index contributed by atoms with van der Waals surface area (Å²) in [6.45, 7) is 9.07. The van der Waals surface area contributed by atoms with Gasteiger partial charge in [-0.1, -0.05) is 13.8 Å². The van der Waals surface area contributed by atoms with Crippen molar-refractivity contribution < 1.29 is 0 Å². The maximum atomic E-state index is 4.87. The Balaban J connectivity index is 1.83. The van der Waals surface area contributed by atoms with Gasteiger partial charge in [-0.05, 0) is 56.4 Å². The first-order chi connectivity index (χ1) is 10.6. The SMILES string of the molecule is Cc1nc(N2CCC(C)CC2)c2c3c(sc2n1)C[C@H](C)CC3. The van der Waals surface area contributed by atoms with Gasteiger partial charge >= 0.3 is 0 Å². The number of nitrogens with zero attached hydrogens (tertiary/aromatic N) is 3. The molecule has 1 saturated heterocycles. The van der Waals surface area contributed by atoms with Crippen molar-refractivity contribution in [3.8, 4) is 0 Å². The lowest BCUT2D eigenvalue weighted by atomic mass is 9.89. The van der Waals surface area contributed by atoms with Crippen molar-refractivity contribution in [2.24, 2.45) is 11.8 Å². The van der Waals surface area contributed by atoms with Gasteiger partial charge in [-0.25, -0.2) is 9.97 Å². The number of anilines is 1. The number of aromatic nitrogens is 2. The molecule has 3 heterocycles. The summed E-state index contributed by atoms with van der Waals surface area (Å²) >= 11 is 1.92. The molecule has 22 heavy (non-hydrogen) atoms. The topological polar surface area (TPSA) is 29.0 Å². The molecule has 2 aliphatic rings. The van der Waals surface area contributed by atoms with E-state index in [1.54, 1.807) is 10.4 Å². The Morgan fingerprint density at radius 1 is 1.05 bits per heavy atom. The molecule has 0 unspecified atom stereocenters. The van der Waals surface area contributed by atoms with Gasteiger partial charge in [0.2, 0.25) is 0 Å². The minimum absolute atomic E-state index is 0.814. The van der Waals surface area contributed by atoms with Gasteiger partial charge < -0.3 is 4.90 Å². The van der Waals surface area contributed by atoms with Crippen LogP contribution in [-0.4, -0.2) is 23.1 Å². The summed E-state index contributed by atoms with van der Waals surface area (Å²) in [4.78, 5) is 14.9. The lowest BCUT2D eigenvalue weighted by Crippen LogP contribution is -2.33. The van der Waals surface area contributed by atoms with Gasteiger partial charge in [-0.15, -0.1) is 11.3 Å². The highest BCUT2D eigenvalue weighted by molar-refractivity contribution is 7.19. The summed E-state index contributed by atoms with van der Waals surface area (Å²) in [5, 5.41) is 1.38. The van der Waals surface area contributed by atoms with E-state index in [0.717, 1.165) is 30.7 Å². The quantitative estimate of drug-likeness (QED) is 0.783. The molecular formula is C18H25N3S. The van der Waals surface area contributed by atoms with Gasteiger partial charge in [0.1, 0.15) is 16.5 Å². The Labute approximate surface area is 136 Å². The number of hydrogen-bond acceptors (Lipinski definition) is 4. The van der Waals surface area contributed by atoms with Gasteiger partial charge in [0.05, 0.1) is 5.39 Å². The molecule has 0 N–H and O–H groups in total. The first-order valence-electron chi connectivity index (χ1n) is 8.65. The van der Waals surface area contributed by atoms with E-state index in [2.05, 4.69) is 18.7 Å². The Morgan fingerprint density at radius 2 is 1.82 bits per heavy atom. The Hall–Kier alpha value is -1.16. The average molecular weight is 315 g/mol. The minimum Gasteiger partial charge on any atom is -0.356 e. The number of fused-ring (bicyclic) bond motifs is 3. The molecule has 2 aromatic rings. The molecule has 0 amide bonds. The molecular weight excluding hydrogens is 290 g/mol. The van der Waals surface area contributed by atoms with Crippen molar-refractivity contribution in [2.45, 2.75) is 52.9 Å². The monoisotopic (exact) mass is 315 g/mol. The maximum Gasteiger partial charge on any atom is 0.141 e. The third kappa shape index (κ3) is 2.41. The van der Waals surface area contributed by atoms with Crippen LogP contribution in [0.25, 0.3) is 10.2 Å². The first-order valence-corrected chi connectivity index (χ1v) is 9.47. The van der Waals surface area contributed by atoms with E-state index in [4.69, 9.17) is 9.97 Å². The van der Waals surface area contributed by atoms with Crippen molar-refractivity contribution >= 4 is 27.4 Å². The largest absolute Gasteiger partial charge is 0.356 e. The number of piperidine rings is 1. The molecule has 0 radical (unpaired) electrons. The zero-order valence-electron chi connectivity index (χ0n) is 13.9. The standard InChI is InChI=1S/C18H25N3S/c1-11-6-8-21(9-7-11)17-16-14-5-4-12(2)10-15(14)22-18(16)20-13(3)19-17/h11-12H,4-10H2,1-3H3/t12-/m1/s1. The van der Waals surface area contributed by atoms with Crippen molar-refractivity contribution in [3.63, 3.8) is 0 Å². The van der Waals surface area contributed by atoms with Crippen molar-refractivity contribution in [1.82, 2.24) is 9.97 Å². The fourth-order valence-corrected chi connectivity index (χ4v) is 5.30.